The molecule has 0 saturated carbocycles. The van der Waals surface area contributed by atoms with Gasteiger partial charge in [0, 0.05) is 11.6 Å². The average molecular weight is 267 g/mol. The van der Waals surface area contributed by atoms with Crippen molar-refractivity contribution in [3.8, 4) is 17.2 Å². The van der Waals surface area contributed by atoms with Gasteiger partial charge in [-0.3, -0.25) is 0 Å². The summed E-state index contributed by atoms with van der Waals surface area (Å²) in [5, 5.41) is 0. The van der Waals surface area contributed by atoms with Gasteiger partial charge >= 0.3 is 0 Å². The first-order chi connectivity index (χ1) is 8.91. The molecule has 4 nitrogen and oxygen atoms in total. The van der Waals surface area contributed by atoms with Gasteiger partial charge in [-0.15, -0.1) is 0 Å². The highest BCUT2D eigenvalue weighted by molar-refractivity contribution is 5.50. The molecule has 0 aromatic heterocycles. The van der Waals surface area contributed by atoms with E-state index in [9.17, 15) is 0 Å². The van der Waals surface area contributed by atoms with E-state index in [-0.39, 0.29) is 5.54 Å². The summed E-state index contributed by atoms with van der Waals surface area (Å²) in [7, 11) is 4.92. The van der Waals surface area contributed by atoms with Gasteiger partial charge in [0.15, 0.2) is 11.5 Å². The van der Waals surface area contributed by atoms with Gasteiger partial charge in [0.1, 0.15) is 5.75 Å². The second-order valence-corrected chi connectivity index (χ2v) is 5.36. The van der Waals surface area contributed by atoms with Gasteiger partial charge in [-0.25, -0.2) is 0 Å². The third kappa shape index (κ3) is 4.63. The smallest absolute Gasteiger partial charge is 0.164 e. The van der Waals surface area contributed by atoms with Gasteiger partial charge in [0.05, 0.1) is 21.3 Å². The fourth-order valence-corrected chi connectivity index (χ4v) is 2.02. The maximum Gasteiger partial charge on any atom is 0.164 e. The largest absolute Gasteiger partial charge is 0.496 e. The van der Waals surface area contributed by atoms with E-state index in [1.54, 1.807) is 21.3 Å². The van der Waals surface area contributed by atoms with Crippen molar-refractivity contribution in [2.45, 2.75) is 38.6 Å². The Morgan fingerprint density at radius 3 is 1.95 bits per heavy atom. The standard InChI is InChI=1S/C15H25NO3/c1-15(2,16)8-6-7-11-9-13(18-4)14(19-5)10-12(11)17-3/h9-10H,6-8,16H2,1-5H3. The van der Waals surface area contributed by atoms with E-state index in [0.29, 0.717) is 5.75 Å². The average Bonchev–Trinajstić information content (AvgIpc) is 2.36. The molecular formula is C15H25NO3. The minimum absolute atomic E-state index is 0.135. The van der Waals surface area contributed by atoms with Crippen molar-refractivity contribution >= 4 is 0 Å². The Morgan fingerprint density at radius 1 is 0.947 bits per heavy atom. The monoisotopic (exact) mass is 267 g/mol. The summed E-state index contributed by atoms with van der Waals surface area (Å²) in [6.45, 7) is 4.08. The summed E-state index contributed by atoms with van der Waals surface area (Å²) in [4.78, 5) is 0. The molecule has 0 heterocycles. The number of benzene rings is 1. The number of nitrogens with two attached hydrogens (primary N) is 1. The van der Waals surface area contributed by atoms with E-state index in [0.717, 1.165) is 36.3 Å². The first-order valence-electron chi connectivity index (χ1n) is 6.49. The Kier molecular flexibility index (Phi) is 5.48. The zero-order valence-corrected chi connectivity index (χ0v) is 12.6. The lowest BCUT2D eigenvalue weighted by molar-refractivity contribution is 0.347. The second-order valence-electron chi connectivity index (χ2n) is 5.36. The van der Waals surface area contributed by atoms with Gasteiger partial charge in [-0.05, 0) is 44.7 Å². The molecule has 0 bridgehead atoms. The van der Waals surface area contributed by atoms with Gasteiger partial charge in [0.25, 0.3) is 0 Å². The molecule has 1 aromatic rings. The minimum atomic E-state index is -0.135. The third-order valence-electron chi connectivity index (χ3n) is 3.05. The lowest BCUT2D eigenvalue weighted by Crippen LogP contribution is -2.31. The summed E-state index contributed by atoms with van der Waals surface area (Å²) >= 11 is 0. The first kappa shape index (κ1) is 15.6. The summed E-state index contributed by atoms with van der Waals surface area (Å²) < 4.78 is 16.0. The highest BCUT2D eigenvalue weighted by atomic mass is 16.5. The Hall–Kier alpha value is -1.42. The van der Waals surface area contributed by atoms with Crippen LogP contribution in [-0.4, -0.2) is 26.9 Å². The molecule has 1 aromatic carbocycles. The fourth-order valence-electron chi connectivity index (χ4n) is 2.02. The highest BCUT2D eigenvalue weighted by Gasteiger charge is 2.14. The van der Waals surface area contributed by atoms with Crippen LogP contribution in [0.2, 0.25) is 0 Å². The molecule has 0 aliphatic carbocycles. The lowest BCUT2D eigenvalue weighted by atomic mass is 9.96. The number of hydrogen-bond acceptors (Lipinski definition) is 4. The lowest BCUT2D eigenvalue weighted by Gasteiger charge is -2.19. The summed E-state index contributed by atoms with van der Waals surface area (Å²) in [5.74, 6) is 2.24. The van der Waals surface area contributed by atoms with Crippen molar-refractivity contribution < 1.29 is 14.2 Å². The maximum atomic E-state index is 6.00. The molecule has 0 unspecified atom stereocenters. The molecule has 0 radical (unpaired) electrons. The molecule has 0 spiro atoms. The van der Waals surface area contributed by atoms with Crippen LogP contribution in [0.1, 0.15) is 32.3 Å². The summed E-state index contributed by atoms with van der Waals surface area (Å²) in [5.41, 5.74) is 6.98. The van der Waals surface area contributed by atoms with Crippen LogP contribution in [0, 0.1) is 0 Å². The van der Waals surface area contributed by atoms with Crippen LogP contribution in [0.15, 0.2) is 12.1 Å². The molecule has 1 rings (SSSR count). The number of aryl methyl sites for hydroxylation is 1. The molecule has 19 heavy (non-hydrogen) atoms. The molecule has 2 N–H and O–H groups in total. The van der Waals surface area contributed by atoms with Crippen molar-refractivity contribution in [1.29, 1.82) is 0 Å². The van der Waals surface area contributed by atoms with Crippen LogP contribution in [0.25, 0.3) is 0 Å². The Balaban J connectivity index is 2.86. The van der Waals surface area contributed by atoms with Gasteiger partial charge in [-0.2, -0.15) is 0 Å². The van der Waals surface area contributed by atoms with Gasteiger partial charge < -0.3 is 19.9 Å². The molecular weight excluding hydrogens is 242 g/mol. The third-order valence-corrected chi connectivity index (χ3v) is 3.05. The van der Waals surface area contributed by atoms with Crippen molar-refractivity contribution in [1.82, 2.24) is 0 Å². The Bertz CT molecular complexity index is 411. The number of methoxy groups -OCH3 is 3. The summed E-state index contributed by atoms with van der Waals surface area (Å²) in [6, 6.07) is 3.84. The van der Waals surface area contributed by atoms with E-state index >= 15 is 0 Å². The Morgan fingerprint density at radius 2 is 1.47 bits per heavy atom. The van der Waals surface area contributed by atoms with Crippen LogP contribution in [0.4, 0.5) is 0 Å². The predicted octanol–water partition coefficient (Wildman–Crippen LogP) is 2.77. The quantitative estimate of drug-likeness (QED) is 0.825. The zero-order valence-electron chi connectivity index (χ0n) is 12.6. The molecule has 0 aliphatic heterocycles. The van der Waals surface area contributed by atoms with Crippen molar-refractivity contribution in [2.24, 2.45) is 5.73 Å². The van der Waals surface area contributed by atoms with E-state index in [4.69, 9.17) is 19.9 Å². The molecule has 0 aliphatic rings. The molecule has 0 amide bonds. The molecule has 4 heteroatoms. The number of ether oxygens (including phenoxy) is 3. The predicted molar refractivity (Wildman–Crippen MR) is 77.3 cm³/mol. The van der Waals surface area contributed by atoms with E-state index in [1.165, 1.54) is 0 Å². The maximum absolute atomic E-state index is 6.00. The Labute approximate surface area is 115 Å². The molecule has 0 saturated heterocycles. The highest BCUT2D eigenvalue weighted by Crippen LogP contribution is 2.35. The van der Waals surface area contributed by atoms with E-state index < -0.39 is 0 Å². The first-order valence-corrected chi connectivity index (χ1v) is 6.49. The fraction of sp³-hybridized carbons (Fsp3) is 0.600. The zero-order chi connectivity index (χ0) is 14.5. The second kappa shape index (κ2) is 6.66. The topological polar surface area (TPSA) is 53.7 Å². The van der Waals surface area contributed by atoms with Crippen molar-refractivity contribution in [3.63, 3.8) is 0 Å². The molecule has 108 valence electrons. The van der Waals surface area contributed by atoms with Crippen LogP contribution < -0.4 is 19.9 Å². The van der Waals surface area contributed by atoms with Crippen LogP contribution in [-0.2, 0) is 6.42 Å². The number of hydrogen-bond donors (Lipinski definition) is 1. The molecule has 0 atom stereocenters. The summed E-state index contributed by atoms with van der Waals surface area (Å²) in [6.07, 6.45) is 2.88. The van der Waals surface area contributed by atoms with Crippen LogP contribution in [0.3, 0.4) is 0 Å². The SMILES string of the molecule is COc1cc(OC)c(OC)cc1CCCC(C)(C)N. The minimum Gasteiger partial charge on any atom is -0.496 e. The van der Waals surface area contributed by atoms with Crippen molar-refractivity contribution in [3.05, 3.63) is 17.7 Å². The van der Waals surface area contributed by atoms with Gasteiger partial charge in [0.2, 0.25) is 0 Å². The molecule has 0 fully saturated rings. The van der Waals surface area contributed by atoms with Gasteiger partial charge in [-0.1, -0.05) is 0 Å². The normalized spacial score (nSPS) is 11.3. The number of rotatable bonds is 7. The van der Waals surface area contributed by atoms with Crippen molar-refractivity contribution in [2.75, 3.05) is 21.3 Å². The van der Waals surface area contributed by atoms with E-state index in [2.05, 4.69) is 0 Å². The van der Waals surface area contributed by atoms with E-state index in [1.807, 2.05) is 26.0 Å². The van der Waals surface area contributed by atoms with Crippen LogP contribution >= 0.6 is 0 Å². The van der Waals surface area contributed by atoms with Crippen LogP contribution in [0.5, 0.6) is 17.2 Å².